The van der Waals surface area contributed by atoms with E-state index in [9.17, 15) is 22.8 Å². The number of halogens is 4. The maximum atomic E-state index is 13.2. The number of ketones is 1. The third-order valence-electron chi connectivity index (χ3n) is 6.04. The molecule has 1 aliphatic rings. The minimum absolute atomic E-state index is 0.0143. The quantitative estimate of drug-likeness (QED) is 0.398. The lowest BCUT2D eigenvalue weighted by Gasteiger charge is -2.18. The van der Waals surface area contributed by atoms with E-state index in [1.165, 1.54) is 11.8 Å². The van der Waals surface area contributed by atoms with Gasteiger partial charge in [0.2, 0.25) is 0 Å². The molecule has 11 heteroatoms. The molecule has 6 nitrogen and oxygen atoms in total. The van der Waals surface area contributed by atoms with E-state index < -0.39 is 22.8 Å². The largest absolute Gasteiger partial charge is 0.417 e. The summed E-state index contributed by atoms with van der Waals surface area (Å²) in [7, 11) is 1.91. The normalized spacial score (nSPS) is 15.1. The van der Waals surface area contributed by atoms with Crippen molar-refractivity contribution in [3.63, 3.8) is 0 Å². The molecule has 1 amide bonds. The Hall–Kier alpha value is -3.11. The Morgan fingerprint density at radius 2 is 1.95 bits per heavy atom. The molecule has 4 rings (SSSR count). The van der Waals surface area contributed by atoms with Crippen LogP contribution in [-0.2, 0) is 24.4 Å². The molecule has 37 heavy (non-hydrogen) atoms. The van der Waals surface area contributed by atoms with Gasteiger partial charge in [-0.3, -0.25) is 14.6 Å². The number of alkyl halides is 3. The molecular weight excluding hydrogens is 525 g/mol. The maximum absolute atomic E-state index is 13.2. The van der Waals surface area contributed by atoms with Crippen LogP contribution in [-0.4, -0.2) is 32.3 Å². The molecule has 1 aliphatic heterocycles. The summed E-state index contributed by atoms with van der Waals surface area (Å²) < 4.78 is 41.5. The summed E-state index contributed by atoms with van der Waals surface area (Å²) in [4.78, 5) is 35.5. The maximum Gasteiger partial charge on any atom is 0.417 e. The van der Waals surface area contributed by atoms with Gasteiger partial charge in [-0.1, -0.05) is 35.5 Å². The van der Waals surface area contributed by atoms with Crippen molar-refractivity contribution in [3.8, 4) is 0 Å². The average molecular weight is 549 g/mol. The summed E-state index contributed by atoms with van der Waals surface area (Å²) in [5, 5.41) is 2.45. The number of rotatable bonds is 6. The first kappa shape index (κ1) is 26.9. The lowest BCUT2D eigenvalue weighted by Crippen LogP contribution is -2.33. The smallest absolute Gasteiger partial charge is 0.345 e. The van der Waals surface area contributed by atoms with Crippen molar-refractivity contribution < 1.29 is 22.8 Å². The molecule has 0 radical (unpaired) electrons. The number of nitrogens with zero attached hydrogens (tertiary/aromatic N) is 3. The van der Waals surface area contributed by atoms with Gasteiger partial charge < -0.3 is 9.88 Å². The third-order valence-corrected chi connectivity index (χ3v) is 7.72. The van der Waals surface area contributed by atoms with E-state index in [4.69, 9.17) is 11.6 Å². The molecule has 0 aliphatic carbocycles. The number of fused-ring (bicyclic) bond motifs is 1. The van der Waals surface area contributed by atoms with Crippen LogP contribution < -0.4 is 5.32 Å². The highest BCUT2D eigenvalue weighted by molar-refractivity contribution is 8.07. The van der Waals surface area contributed by atoms with E-state index in [2.05, 4.69) is 15.3 Å². The Morgan fingerprint density at radius 3 is 2.68 bits per heavy atom. The van der Waals surface area contributed by atoms with E-state index in [1.807, 2.05) is 37.6 Å². The lowest BCUT2D eigenvalue weighted by molar-refractivity contribution is -0.137. The molecule has 1 N–H and O–H groups in total. The van der Waals surface area contributed by atoms with Gasteiger partial charge in [0.05, 0.1) is 39.0 Å². The van der Waals surface area contributed by atoms with Crippen molar-refractivity contribution in [2.75, 3.05) is 0 Å². The molecule has 1 aromatic carbocycles. The average Bonchev–Trinajstić information content (AvgIpc) is 3.00. The standard InChI is InChI=1S/C26H24ClF3N4O2S/c1-14(32-25(36)16-8-9-21-20(10-16)33-15(2)34(21)3)23-6-4-5-7-24(37-23)22(35)12-17-11-18(26(28,29)30)19(27)13-31-17/h6-11,13-14H,4-5,12H2,1-3H3,(H,32,36). The first-order valence-corrected chi connectivity index (χ1v) is 12.7. The molecule has 3 aromatic rings. The van der Waals surface area contributed by atoms with E-state index >= 15 is 0 Å². The van der Waals surface area contributed by atoms with E-state index in [-0.39, 0.29) is 23.8 Å². The Morgan fingerprint density at radius 1 is 1.22 bits per heavy atom. The molecule has 1 unspecified atom stereocenters. The molecule has 0 spiro atoms. The van der Waals surface area contributed by atoms with E-state index in [1.54, 1.807) is 18.2 Å². The second-order valence-electron chi connectivity index (χ2n) is 8.72. The fraction of sp³-hybridized carbons (Fsp3) is 0.308. The van der Waals surface area contributed by atoms with Crippen molar-refractivity contribution >= 4 is 46.1 Å². The zero-order chi connectivity index (χ0) is 26.9. The number of aryl methyl sites for hydroxylation is 2. The van der Waals surface area contributed by atoms with Crippen LogP contribution in [0, 0.1) is 6.92 Å². The number of nitrogens with one attached hydrogen (secondary N) is 1. The van der Waals surface area contributed by atoms with Crippen molar-refractivity contribution in [2.24, 2.45) is 7.05 Å². The van der Waals surface area contributed by atoms with Gasteiger partial charge >= 0.3 is 6.18 Å². The Bertz CT molecular complexity index is 1450. The van der Waals surface area contributed by atoms with Gasteiger partial charge in [-0.25, -0.2) is 4.98 Å². The number of allylic oxidation sites excluding steroid dienone is 3. The Balaban J connectivity index is 1.44. The number of carbonyl (C=O) groups excluding carboxylic acids is 2. The van der Waals surface area contributed by atoms with Gasteiger partial charge in [0.15, 0.2) is 5.78 Å². The number of thioether (sulfide) groups is 1. The van der Waals surface area contributed by atoms with Crippen LogP contribution in [0.4, 0.5) is 13.2 Å². The van der Waals surface area contributed by atoms with Gasteiger partial charge in [-0.2, -0.15) is 13.2 Å². The molecule has 1 atom stereocenters. The van der Waals surface area contributed by atoms with Crippen LogP contribution in [0.25, 0.3) is 11.0 Å². The Kier molecular flexibility index (Phi) is 7.80. The van der Waals surface area contributed by atoms with Crippen molar-refractivity contribution in [1.29, 1.82) is 0 Å². The SMILES string of the molecule is Cc1nc2cc(C(=O)NC(C)C3=CCCC=C(C(=O)Cc4cc(C(F)(F)F)c(Cl)cn4)S3)ccc2n1C. The zero-order valence-corrected chi connectivity index (χ0v) is 21.9. The minimum Gasteiger partial charge on any atom is -0.345 e. The number of hydrogen-bond acceptors (Lipinski definition) is 5. The number of aromatic nitrogens is 3. The summed E-state index contributed by atoms with van der Waals surface area (Å²) >= 11 is 6.85. The summed E-state index contributed by atoms with van der Waals surface area (Å²) in [6.45, 7) is 3.71. The highest BCUT2D eigenvalue weighted by Crippen LogP contribution is 2.36. The fourth-order valence-electron chi connectivity index (χ4n) is 3.95. The predicted octanol–water partition coefficient (Wildman–Crippen LogP) is 6.17. The van der Waals surface area contributed by atoms with E-state index in [0.29, 0.717) is 23.3 Å². The zero-order valence-electron chi connectivity index (χ0n) is 20.3. The summed E-state index contributed by atoms with van der Waals surface area (Å²) in [5.41, 5.74) is 1.08. The Labute approximate surface area is 221 Å². The lowest BCUT2D eigenvalue weighted by atomic mass is 10.1. The molecular formula is C26H24ClF3N4O2S. The number of amides is 1. The number of pyridine rings is 1. The summed E-state index contributed by atoms with van der Waals surface area (Å²) in [5.74, 6) is 0.217. The molecule has 0 saturated heterocycles. The van der Waals surface area contributed by atoms with Gasteiger partial charge in [-0.05, 0) is 51.0 Å². The number of imidazole rings is 1. The molecule has 194 valence electrons. The monoisotopic (exact) mass is 548 g/mol. The second-order valence-corrected chi connectivity index (χ2v) is 10.2. The van der Waals surface area contributed by atoms with Crippen LogP contribution in [0.5, 0.6) is 0 Å². The molecule has 2 aromatic heterocycles. The molecule has 3 heterocycles. The molecule has 0 bridgehead atoms. The van der Waals surface area contributed by atoms with Crippen LogP contribution in [0.15, 0.2) is 52.4 Å². The number of carbonyl (C=O) groups is 2. The third kappa shape index (κ3) is 6.07. The highest BCUT2D eigenvalue weighted by atomic mass is 35.5. The topological polar surface area (TPSA) is 76.9 Å². The number of hydrogen-bond donors (Lipinski definition) is 1. The van der Waals surface area contributed by atoms with Crippen LogP contribution >= 0.6 is 23.4 Å². The predicted molar refractivity (Wildman–Crippen MR) is 138 cm³/mol. The van der Waals surface area contributed by atoms with E-state index in [0.717, 1.165) is 34.0 Å². The van der Waals surface area contributed by atoms with Crippen molar-refractivity contribution in [3.05, 3.63) is 80.1 Å². The van der Waals surface area contributed by atoms with Crippen LogP contribution in [0.3, 0.4) is 0 Å². The highest BCUT2D eigenvalue weighted by Gasteiger charge is 2.34. The van der Waals surface area contributed by atoms with Gasteiger partial charge in [-0.15, -0.1) is 0 Å². The molecule has 0 saturated carbocycles. The van der Waals surface area contributed by atoms with Crippen molar-refractivity contribution in [1.82, 2.24) is 19.9 Å². The van der Waals surface area contributed by atoms with Crippen LogP contribution in [0.1, 0.15) is 47.2 Å². The van der Waals surface area contributed by atoms with Gasteiger partial charge in [0.25, 0.3) is 5.91 Å². The minimum atomic E-state index is -4.64. The molecule has 0 fully saturated rings. The van der Waals surface area contributed by atoms with Crippen LogP contribution in [0.2, 0.25) is 5.02 Å². The second kappa shape index (κ2) is 10.7. The van der Waals surface area contributed by atoms with Crippen molar-refractivity contribution in [2.45, 2.75) is 45.3 Å². The van der Waals surface area contributed by atoms with Gasteiger partial charge in [0, 0.05) is 29.4 Å². The summed E-state index contributed by atoms with van der Waals surface area (Å²) in [6.07, 6.45) is 0.955. The van der Waals surface area contributed by atoms with Gasteiger partial charge in [0.1, 0.15) is 5.82 Å². The first-order valence-electron chi connectivity index (χ1n) is 11.5. The number of Topliss-reactive ketones (excluding diaryl/α,β-unsaturated/α-hetero) is 1. The number of benzene rings is 1. The fourth-order valence-corrected chi connectivity index (χ4v) is 5.23. The first-order chi connectivity index (χ1) is 17.4. The summed E-state index contributed by atoms with van der Waals surface area (Å²) in [6, 6.07) is 5.74.